The van der Waals surface area contributed by atoms with E-state index in [0.29, 0.717) is 23.9 Å². The third kappa shape index (κ3) is 7.59. The van der Waals surface area contributed by atoms with Crippen LogP contribution in [0.15, 0.2) is 36.7 Å². The van der Waals surface area contributed by atoms with Gasteiger partial charge in [-0.3, -0.25) is 4.79 Å². The van der Waals surface area contributed by atoms with Crippen LogP contribution in [0.2, 0.25) is 0 Å². The minimum Gasteiger partial charge on any atom is -0.425 e. The van der Waals surface area contributed by atoms with Gasteiger partial charge in [0.05, 0.1) is 0 Å². The largest absolute Gasteiger partial charge is 0.425 e. The number of carbonyl (C=O) groups is 1. The Balaban J connectivity index is 1.88. The molecule has 0 saturated heterocycles. The number of nitrogens with zero attached hydrogens (tertiary/aromatic N) is 2. The quantitative estimate of drug-likeness (QED) is 0.194. The fourth-order valence-electron chi connectivity index (χ4n) is 2.93. The monoisotopic (exact) mass is 402 g/mol. The first-order chi connectivity index (χ1) is 13.5. The lowest BCUT2D eigenvalue weighted by Crippen LogP contribution is -2.22. The number of ether oxygens (including phenoxy) is 1. The second-order valence-electron chi connectivity index (χ2n) is 7.62. The zero-order valence-corrected chi connectivity index (χ0v) is 17.9. The minimum absolute atomic E-state index is 0.342. The molecule has 0 saturated carbocycles. The lowest BCUT2D eigenvalue weighted by atomic mass is 10.1. The summed E-state index contributed by atoms with van der Waals surface area (Å²) in [6.45, 7) is 6.27. The molecule has 0 bridgehead atoms. The number of halogens is 1. The SMILES string of the molecule is CCCCCCCc1cnc(-c2ccc(OC(=O)C(Cl)CC(C)C)cc2)nc1. The van der Waals surface area contributed by atoms with Gasteiger partial charge in [0.15, 0.2) is 5.82 Å². The van der Waals surface area contributed by atoms with E-state index in [4.69, 9.17) is 16.3 Å². The van der Waals surface area contributed by atoms with Crippen molar-refractivity contribution in [1.82, 2.24) is 9.97 Å². The van der Waals surface area contributed by atoms with E-state index in [1.54, 1.807) is 12.1 Å². The highest BCUT2D eigenvalue weighted by atomic mass is 35.5. The molecule has 2 rings (SSSR count). The molecular formula is C23H31ClN2O2. The molecule has 0 fully saturated rings. The molecule has 0 aliphatic heterocycles. The summed E-state index contributed by atoms with van der Waals surface area (Å²) >= 11 is 6.08. The van der Waals surface area contributed by atoms with E-state index < -0.39 is 11.3 Å². The number of hydrogen-bond donors (Lipinski definition) is 0. The Kier molecular flexibility index (Phi) is 9.42. The predicted molar refractivity (Wildman–Crippen MR) is 115 cm³/mol. The van der Waals surface area contributed by atoms with E-state index in [2.05, 4.69) is 16.9 Å². The molecule has 0 aliphatic rings. The van der Waals surface area contributed by atoms with E-state index >= 15 is 0 Å². The molecule has 152 valence electrons. The molecular weight excluding hydrogens is 372 g/mol. The summed E-state index contributed by atoms with van der Waals surface area (Å²) in [6, 6.07) is 7.20. The average Bonchev–Trinajstić information content (AvgIpc) is 2.68. The molecule has 28 heavy (non-hydrogen) atoms. The molecule has 1 atom stereocenters. The first-order valence-electron chi connectivity index (χ1n) is 10.3. The molecule has 0 radical (unpaired) electrons. The summed E-state index contributed by atoms with van der Waals surface area (Å²) in [5.41, 5.74) is 2.06. The van der Waals surface area contributed by atoms with E-state index in [1.165, 1.54) is 37.7 Å². The number of benzene rings is 1. The van der Waals surface area contributed by atoms with E-state index in [-0.39, 0.29) is 0 Å². The second-order valence-corrected chi connectivity index (χ2v) is 8.15. The van der Waals surface area contributed by atoms with Gasteiger partial charge in [0.1, 0.15) is 11.1 Å². The van der Waals surface area contributed by atoms with Crippen molar-refractivity contribution in [1.29, 1.82) is 0 Å². The predicted octanol–water partition coefficient (Wildman–Crippen LogP) is 6.22. The number of aromatic nitrogens is 2. The van der Waals surface area contributed by atoms with Gasteiger partial charge in [-0.1, -0.05) is 46.5 Å². The van der Waals surface area contributed by atoms with Crippen molar-refractivity contribution in [3.8, 4) is 17.1 Å². The molecule has 4 nitrogen and oxygen atoms in total. The highest BCUT2D eigenvalue weighted by Gasteiger charge is 2.19. The molecule has 0 spiro atoms. The number of unbranched alkanes of at least 4 members (excludes halogenated alkanes) is 4. The maximum atomic E-state index is 12.0. The summed E-state index contributed by atoms with van der Waals surface area (Å²) < 4.78 is 5.35. The summed E-state index contributed by atoms with van der Waals surface area (Å²) in [6.07, 6.45) is 11.7. The summed E-state index contributed by atoms with van der Waals surface area (Å²) in [4.78, 5) is 21.0. The topological polar surface area (TPSA) is 52.1 Å². The van der Waals surface area contributed by atoms with Crippen molar-refractivity contribution < 1.29 is 9.53 Å². The number of esters is 1. The molecule has 1 unspecified atom stereocenters. The van der Waals surface area contributed by atoms with Crippen LogP contribution in [0.3, 0.4) is 0 Å². The Bertz CT molecular complexity index is 714. The standard InChI is InChI=1S/C23H31ClN2O2/c1-4-5-6-7-8-9-18-15-25-22(26-16-18)19-10-12-20(13-11-19)28-23(27)21(24)14-17(2)3/h10-13,15-17,21H,4-9,14H2,1-3H3. The van der Waals surface area contributed by atoms with Crippen LogP contribution < -0.4 is 4.74 Å². The summed E-state index contributed by atoms with van der Waals surface area (Å²) in [5.74, 6) is 1.08. The third-order valence-electron chi connectivity index (χ3n) is 4.54. The lowest BCUT2D eigenvalue weighted by Gasteiger charge is -2.11. The molecule has 2 aromatic rings. The normalized spacial score (nSPS) is 12.2. The number of alkyl halides is 1. The van der Waals surface area contributed by atoms with Crippen LogP contribution in [0, 0.1) is 5.92 Å². The fraction of sp³-hybridized carbons (Fsp3) is 0.522. The van der Waals surface area contributed by atoms with Gasteiger partial charge >= 0.3 is 5.97 Å². The zero-order valence-electron chi connectivity index (χ0n) is 17.2. The van der Waals surface area contributed by atoms with Gasteiger partial charge in [0, 0.05) is 18.0 Å². The van der Waals surface area contributed by atoms with Crippen molar-refractivity contribution in [3.63, 3.8) is 0 Å². The van der Waals surface area contributed by atoms with Gasteiger partial charge in [0.2, 0.25) is 0 Å². The van der Waals surface area contributed by atoms with Crippen LogP contribution in [-0.4, -0.2) is 21.3 Å². The number of carbonyl (C=O) groups excluding carboxylic acids is 1. The van der Waals surface area contributed by atoms with Crippen LogP contribution >= 0.6 is 11.6 Å². The molecule has 5 heteroatoms. The highest BCUT2D eigenvalue weighted by molar-refractivity contribution is 6.30. The Morgan fingerprint density at radius 3 is 2.29 bits per heavy atom. The van der Waals surface area contributed by atoms with Gasteiger partial charge in [-0.2, -0.15) is 0 Å². The van der Waals surface area contributed by atoms with Crippen LogP contribution in [0.25, 0.3) is 11.4 Å². The molecule has 0 N–H and O–H groups in total. The average molecular weight is 403 g/mol. The van der Waals surface area contributed by atoms with Gasteiger partial charge in [0.25, 0.3) is 0 Å². The van der Waals surface area contributed by atoms with E-state index in [1.807, 2.05) is 38.4 Å². The smallest absolute Gasteiger partial charge is 0.329 e. The molecule has 0 aliphatic carbocycles. The maximum Gasteiger partial charge on any atom is 0.329 e. The number of aryl methyl sites for hydroxylation is 1. The number of hydrogen-bond acceptors (Lipinski definition) is 4. The van der Waals surface area contributed by atoms with Gasteiger partial charge in [-0.25, -0.2) is 9.97 Å². The lowest BCUT2D eigenvalue weighted by molar-refractivity contribution is -0.134. The van der Waals surface area contributed by atoms with Crippen molar-refractivity contribution in [2.24, 2.45) is 5.92 Å². The van der Waals surface area contributed by atoms with Crippen LogP contribution in [-0.2, 0) is 11.2 Å². The second kappa shape index (κ2) is 11.8. The van der Waals surface area contributed by atoms with Gasteiger partial charge in [-0.05, 0) is 55.0 Å². The molecule has 1 aromatic carbocycles. The van der Waals surface area contributed by atoms with Crippen molar-refractivity contribution in [2.45, 2.75) is 71.1 Å². The minimum atomic E-state index is -0.627. The third-order valence-corrected chi connectivity index (χ3v) is 4.90. The Morgan fingerprint density at radius 1 is 1.04 bits per heavy atom. The van der Waals surface area contributed by atoms with Crippen molar-refractivity contribution >= 4 is 17.6 Å². The summed E-state index contributed by atoms with van der Waals surface area (Å²) in [7, 11) is 0. The first kappa shape index (κ1) is 22.4. The highest BCUT2D eigenvalue weighted by Crippen LogP contribution is 2.21. The zero-order chi connectivity index (χ0) is 20.4. The van der Waals surface area contributed by atoms with Gasteiger partial charge in [-0.15, -0.1) is 11.6 Å². The van der Waals surface area contributed by atoms with Crippen LogP contribution in [0.4, 0.5) is 0 Å². The fourth-order valence-corrected chi connectivity index (χ4v) is 3.33. The molecule has 1 heterocycles. The molecule has 1 aromatic heterocycles. The van der Waals surface area contributed by atoms with Gasteiger partial charge < -0.3 is 4.74 Å². The van der Waals surface area contributed by atoms with E-state index in [0.717, 1.165) is 12.0 Å². The van der Waals surface area contributed by atoms with Crippen molar-refractivity contribution in [3.05, 3.63) is 42.2 Å². The Hall–Kier alpha value is -1.94. The maximum absolute atomic E-state index is 12.0. The van der Waals surface area contributed by atoms with Crippen molar-refractivity contribution in [2.75, 3.05) is 0 Å². The first-order valence-corrected chi connectivity index (χ1v) is 10.7. The Morgan fingerprint density at radius 2 is 1.68 bits per heavy atom. The molecule has 0 amide bonds. The number of rotatable bonds is 11. The van der Waals surface area contributed by atoms with E-state index in [9.17, 15) is 4.79 Å². The Labute approximate surface area is 173 Å². The van der Waals surface area contributed by atoms with Crippen LogP contribution in [0.5, 0.6) is 5.75 Å². The summed E-state index contributed by atoms with van der Waals surface area (Å²) in [5, 5.41) is -0.627. The van der Waals surface area contributed by atoms with Crippen LogP contribution in [0.1, 0.15) is 64.9 Å².